The second-order valence-corrected chi connectivity index (χ2v) is 6.24. The zero-order valence-corrected chi connectivity index (χ0v) is 14.4. The van der Waals surface area contributed by atoms with Crippen LogP contribution >= 0.6 is 0 Å². The fraction of sp³-hybridized carbons (Fsp3) is 0.300. The van der Waals surface area contributed by atoms with Crippen molar-refractivity contribution < 1.29 is 19.4 Å². The van der Waals surface area contributed by atoms with Crippen LogP contribution in [0.5, 0.6) is 0 Å². The van der Waals surface area contributed by atoms with Crippen molar-refractivity contribution in [2.75, 3.05) is 18.5 Å². The maximum absolute atomic E-state index is 12.1. The SMILES string of the molecule is O=C(CCc1ccccc1)Nc1ccc(C2OCC(=O)NC2CO)cc1. The summed E-state index contributed by atoms with van der Waals surface area (Å²) in [7, 11) is 0. The second-order valence-electron chi connectivity index (χ2n) is 6.24. The van der Waals surface area contributed by atoms with Gasteiger partial charge in [0.05, 0.1) is 12.6 Å². The number of benzene rings is 2. The van der Waals surface area contributed by atoms with Crippen molar-refractivity contribution in [1.29, 1.82) is 0 Å². The highest BCUT2D eigenvalue weighted by Gasteiger charge is 2.30. The molecule has 3 rings (SSSR count). The van der Waals surface area contributed by atoms with Gasteiger partial charge in [0.1, 0.15) is 12.7 Å². The molecule has 0 aromatic heterocycles. The van der Waals surface area contributed by atoms with E-state index >= 15 is 0 Å². The molecule has 2 aromatic rings. The van der Waals surface area contributed by atoms with E-state index < -0.39 is 12.1 Å². The maximum Gasteiger partial charge on any atom is 0.246 e. The van der Waals surface area contributed by atoms with E-state index in [0.29, 0.717) is 18.5 Å². The van der Waals surface area contributed by atoms with Crippen LogP contribution in [0.1, 0.15) is 23.7 Å². The monoisotopic (exact) mass is 354 g/mol. The van der Waals surface area contributed by atoms with E-state index in [1.54, 1.807) is 12.1 Å². The molecule has 1 heterocycles. The molecule has 0 bridgehead atoms. The average Bonchev–Trinajstić information content (AvgIpc) is 2.68. The Kier molecular flexibility index (Phi) is 5.99. The van der Waals surface area contributed by atoms with Crippen molar-refractivity contribution in [2.45, 2.75) is 25.0 Å². The number of aliphatic hydroxyl groups excluding tert-OH is 1. The molecular weight excluding hydrogens is 332 g/mol. The van der Waals surface area contributed by atoms with Crippen molar-refractivity contribution >= 4 is 17.5 Å². The van der Waals surface area contributed by atoms with Crippen LogP contribution in [0.15, 0.2) is 54.6 Å². The third-order valence-electron chi connectivity index (χ3n) is 4.31. The van der Waals surface area contributed by atoms with Gasteiger partial charge >= 0.3 is 0 Å². The molecule has 0 saturated carbocycles. The zero-order chi connectivity index (χ0) is 18.4. The van der Waals surface area contributed by atoms with E-state index in [-0.39, 0.29) is 25.0 Å². The first kappa shape index (κ1) is 18.1. The fourth-order valence-electron chi connectivity index (χ4n) is 2.96. The van der Waals surface area contributed by atoms with E-state index in [0.717, 1.165) is 11.1 Å². The number of amides is 2. The van der Waals surface area contributed by atoms with Gasteiger partial charge in [-0.15, -0.1) is 0 Å². The number of ether oxygens (including phenoxy) is 1. The van der Waals surface area contributed by atoms with Crippen LogP contribution in [0.4, 0.5) is 5.69 Å². The molecule has 0 radical (unpaired) electrons. The van der Waals surface area contributed by atoms with Gasteiger partial charge in [-0.3, -0.25) is 9.59 Å². The van der Waals surface area contributed by atoms with Crippen LogP contribution in [-0.4, -0.2) is 36.2 Å². The van der Waals surface area contributed by atoms with Gasteiger partial charge in [-0.25, -0.2) is 0 Å². The number of aryl methyl sites for hydroxylation is 1. The fourth-order valence-corrected chi connectivity index (χ4v) is 2.96. The minimum atomic E-state index is -0.470. The Hall–Kier alpha value is -2.70. The molecule has 1 saturated heterocycles. The van der Waals surface area contributed by atoms with E-state index in [1.165, 1.54) is 0 Å². The number of carbonyl (C=O) groups is 2. The molecule has 2 aromatic carbocycles. The predicted molar refractivity (Wildman–Crippen MR) is 97.5 cm³/mol. The molecule has 6 nitrogen and oxygen atoms in total. The van der Waals surface area contributed by atoms with Gasteiger partial charge in [0.25, 0.3) is 0 Å². The van der Waals surface area contributed by atoms with Crippen molar-refractivity contribution in [2.24, 2.45) is 0 Å². The average molecular weight is 354 g/mol. The highest BCUT2D eigenvalue weighted by molar-refractivity contribution is 5.90. The molecule has 26 heavy (non-hydrogen) atoms. The molecule has 2 unspecified atom stereocenters. The quantitative estimate of drug-likeness (QED) is 0.738. The van der Waals surface area contributed by atoms with Crippen LogP contribution in [0.25, 0.3) is 0 Å². The molecular formula is C20H22N2O4. The first-order valence-corrected chi connectivity index (χ1v) is 8.61. The highest BCUT2D eigenvalue weighted by Crippen LogP contribution is 2.25. The Labute approximate surface area is 152 Å². The third kappa shape index (κ3) is 4.68. The van der Waals surface area contributed by atoms with Crippen molar-refractivity contribution in [3.63, 3.8) is 0 Å². The number of hydrogen-bond acceptors (Lipinski definition) is 4. The van der Waals surface area contributed by atoms with Crippen LogP contribution in [0.2, 0.25) is 0 Å². The van der Waals surface area contributed by atoms with Gasteiger partial charge < -0.3 is 20.5 Å². The number of rotatable bonds is 6. The summed E-state index contributed by atoms with van der Waals surface area (Å²) in [5, 5.41) is 15.0. The molecule has 1 aliphatic heterocycles. The largest absolute Gasteiger partial charge is 0.394 e. The Balaban J connectivity index is 1.55. The van der Waals surface area contributed by atoms with E-state index in [9.17, 15) is 14.7 Å². The van der Waals surface area contributed by atoms with Crippen LogP contribution < -0.4 is 10.6 Å². The molecule has 1 aliphatic rings. The molecule has 3 N–H and O–H groups in total. The number of aliphatic hydroxyl groups is 1. The van der Waals surface area contributed by atoms with Crippen molar-refractivity contribution in [1.82, 2.24) is 5.32 Å². The lowest BCUT2D eigenvalue weighted by Crippen LogP contribution is -2.49. The summed E-state index contributed by atoms with van der Waals surface area (Å²) in [4.78, 5) is 23.4. The standard InChI is InChI=1S/C20H22N2O4/c23-12-17-20(26-13-19(25)22-17)15-7-9-16(10-8-15)21-18(24)11-6-14-4-2-1-3-5-14/h1-5,7-10,17,20,23H,6,11-13H2,(H,21,24)(H,22,25). The minimum absolute atomic E-state index is 0.0286. The van der Waals surface area contributed by atoms with Gasteiger partial charge in [-0.1, -0.05) is 42.5 Å². The van der Waals surface area contributed by atoms with Crippen LogP contribution in [-0.2, 0) is 20.7 Å². The van der Waals surface area contributed by atoms with Crippen LogP contribution in [0, 0.1) is 0 Å². The smallest absolute Gasteiger partial charge is 0.246 e. The highest BCUT2D eigenvalue weighted by atomic mass is 16.5. The minimum Gasteiger partial charge on any atom is -0.394 e. The zero-order valence-electron chi connectivity index (χ0n) is 14.4. The lowest BCUT2D eigenvalue weighted by atomic mass is 10.0. The molecule has 0 aliphatic carbocycles. The summed E-state index contributed by atoms with van der Waals surface area (Å²) in [6, 6.07) is 16.7. The number of carbonyl (C=O) groups excluding carboxylic acids is 2. The third-order valence-corrected chi connectivity index (χ3v) is 4.31. The van der Waals surface area contributed by atoms with Gasteiger partial charge in [0.2, 0.25) is 11.8 Å². The summed E-state index contributed by atoms with van der Waals surface area (Å²) >= 11 is 0. The number of nitrogens with one attached hydrogen (secondary N) is 2. The predicted octanol–water partition coefficient (Wildman–Crippen LogP) is 1.81. The second kappa shape index (κ2) is 8.60. The Morgan fingerprint density at radius 2 is 1.88 bits per heavy atom. The molecule has 6 heteroatoms. The summed E-state index contributed by atoms with van der Waals surface area (Å²) in [5.74, 6) is -0.279. The lowest BCUT2D eigenvalue weighted by Gasteiger charge is -2.31. The van der Waals surface area contributed by atoms with Gasteiger partial charge in [-0.2, -0.15) is 0 Å². The van der Waals surface area contributed by atoms with Crippen LogP contribution in [0.3, 0.4) is 0 Å². The normalized spacial score (nSPS) is 19.7. The molecule has 2 atom stereocenters. The molecule has 0 spiro atoms. The Bertz CT molecular complexity index is 746. The topological polar surface area (TPSA) is 87.7 Å². The van der Waals surface area contributed by atoms with Crippen molar-refractivity contribution in [3.05, 3.63) is 65.7 Å². The van der Waals surface area contributed by atoms with Gasteiger partial charge in [-0.05, 0) is 29.7 Å². The number of hydrogen-bond donors (Lipinski definition) is 3. The van der Waals surface area contributed by atoms with Gasteiger partial charge in [0, 0.05) is 12.1 Å². The molecule has 1 fully saturated rings. The van der Waals surface area contributed by atoms with Gasteiger partial charge in [0.15, 0.2) is 0 Å². The number of anilines is 1. The van der Waals surface area contributed by atoms with E-state index in [1.807, 2.05) is 42.5 Å². The maximum atomic E-state index is 12.1. The molecule has 2 amide bonds. The summed E-state index contributed by atoms with van der Waals surface area (Å²) in [5.41, 5.74) is 2.67. The summed E-state index contributed by atoms with van der Waals surface area (Å²) < 4.78 is 5.53. The first-order chi connectivity index (χ1) is 12.7. The Morgan fingerprint density at radius 1 is 1.15 bits per heavy atom. The summed E-state index contributed by atoms with van der Waals surface area (Å²) in [6.45, 7) is -0.229. The van der Waals surface area contributed by atoms with Crippen molar-refractivity contribution in [3.8, 4) is 0 Å². The number of morpholine rings is 1. The van der Waals surface area contributed by atoms with E-state index in [2.05, 4.69) is 10.6 Å². The molecule has 136 valence electrons. The first-order valence-electron chi connectivity index (χ1n) is 8.61. The lowest BCUT2D eigenvalue weighted by molar-refractivity contribution is -0.138. The van der Waals surface area contributed by atoms with E-state index in [4.69, 9.17) is 4.74 Å². The summed E-state index contributed by atoms with van der Waals surface area (Å²) in [6.07, 6.45) is 0.704. The Morgan fingerprint density at radius 3 is 2.58 bits per heavy atom.